The number of aromatic nitrogens is 4. The lowest BCUT2D eigenvalue weighted by atomic mass is 10.0. The highest BCUT2D eigenvalue weighted by atomic mass is 32.2. The van der Waals surface area contributed by atoms with E-state index in [9.17, 15) is 18.0 Å². The maximum absolute atomic E-state index is 13.9. The molecule has 0 atom stereocenters. The predicted molar refractivity (Wildman–Crippen MR) is 159 cm³/mol. The third-order valence-electron chi connectivity index (χ3n) is 7.15. The number of fused-ring (bicyclic) bond motifs is 1. The van der Waals surface area contributed by atoms with Crippen LogP contribution < -0.4 is 15.0 Å². The number of rotatable bonds is 9. The molecule has 4 aromatic rings. The number of Topliss-reactive ketones (excluding diaryl/α,β-unsaturated/α-hetero) is 1. The summed E-state index contributed by atoms with van der Waals surface area (Å²) >= 11 is 0. The molecule has 1 aliphatic rings. The Hall–Kier alpha value is -4.29. The van der Waals surface area contributed by atoms with E-state index in [0.717, 1.165) is 6.42 Å². The number of ether oxygens (including phenoxy) is 2. The fourth-order valence-electron chi connectivity index (χ4n) is 5.11. The van der Waals surface area contributed by atoms with Crippen molar-refractivity contribution in [2.45, 2.75) is 38.0 Å². The van der Waals surface area contributed by atoms with Gasteiger partial charge in [-0.15, -0.1) is 0 Å². The van der Waals surface area contributed by atoms with Crippen LogP contribution in [0.4, 0.5) is 0 Å². The summed E-state index contributed by atoms with van der Waals surface area (Å²) in [6.45, 7) is 4.11. The molecule has 0 unspecified atom stereocenters. The zero-order chi connectivity index (χ0) is 30.0. The lowest BCUT2D eigenvalue weighted by Gasteiger charge is -2.27. The average molecular weight is 592 g/mol. The van der Waals surface area contributed by atoms with Gasteiger partial charge in [-0.05, 0) is 43.7 Å². The largest absolute Gasteiger partial charge is 0.496 e. The Bertz CT molecular complexity index is 1860. The van der Waals surface area contributed by atoms with E-state index in [4.69, 9.17) is 14.5 Å². The van der Waals surface area contributed by atoms with Crippen LogP contribution in [-0.2, 0) is 28.3 Å². The highest BCUT2D eigenvalue weighted by molar-refractivity contribution is 7.89. The number of piperidine rings is 1. The Balaban J connectivity index is 1.56. The van der Waals surface area contributed by atoms with Crippen LogP contribution in [0, 0.1) is 0 Å². The van der Waals surface area contributed by atoms with Gasteiger partial charge in [0.1, 0.15) is 22.8 Å². The van der Waals surface area contributed by atoms with Gasteiger partial charge in [0, 0.05) is 37.7 Å². The van der Waals surface area contributed by atoms with Gasteiger partial charge in [-0.1, -0.05) is 31.5 Å². The van der Waals surface area contributed by atoms with Gasteiger partial charge in [0.05, 0.1) is 29.9 Å². The summed E-state index contributed by atoms with van der Waals surface area (Å²) in [6, 6.07) is 11.7. The van der Waals surface area contributed by atoms with Gasteiger partial charge in [0.25, 0.3) is 5.56 Å². The van der Waals surface area contributed by atoms with Gasteiger partial charge < -0.3 is 14.5 Å². The van der Waals surface area contributed by atoms with Crippen LogP contribution in [0.1, 0.15) is 37.9 Å². The second-order valence-electron chi connectivity index (χ2n) is 9.95. The average Bonchev–Trinajstić information content (AvgIpc) is 3.30. The van der Waals surface area contributed by atoms with Gasteiger partial charge in [-0.3, -0.25) is 14.3 Å². The highest BCUT2D eigenvalue weighted by Gasteiger charge is 2.32. The molecule has 0 aliphatic carbocycles. The number of nitrogens with one attached hydrogen (secondary N) is 1. The van der Waals surface area contributed by atoms with Crippen molar-refractivity contribution < 1.29 is 22.7 Å². The normalized spacial score (nSPS) is 15.4. The zero-order valence-corrected chi connectivity index (χ0v) is 24.8. The molecule has 0 bridgehead atoms. The van der Waals surface area contributed by atoms with Crippen LogP contribution in [0.3, 0.4) is 0 Å². The van der Waals surface area contributed by atoms with Crippen LogP contribution in [0.25, 0.3) is 28.5 Å². The number of methoxy groups -OCH3 is 1. The van der Waals surface area contributed by atoms with Gasteiger partial charge in [0.15, 0.2) is 11.3 Å². The van der Waals surface area contributed by atoms with Crippen molar-refractivity contribution in [1.82, 2.24) is 24.1 Å². The SMILES string of the molecule is CCCc1nn(C)c2c(=O)[nH]c(-c3cc(S(=O)(=O)N4CCC(=O)/C(=C\c5ccccc5OC)C4)ccc3OCC)nc12. The second-order valence-corrected chi connectivity index (χ2v) is 11.9. The second kappa shape index (κ2) is 11.9. The number of benzene rings is 2. The molecule has 0 saturated carbocycles. The Morgan fingerprint density at radius 3 is 2.62 bits per heavy atom. The number of nitrogens with zero attached hydrogens (tertiary/aromatic N) is 4. The number of aryl methyl sites for hydroxylation is 2. The van der Waals surface area contributed by atoms with E-state index in [0.29, 0.717) is 58.0 Å². The predicted octanol–water partition coefficient (Wildman–Crippen LogP) is 3.73. The van der Waals surface area contributed by atoms with Crippen LogP contribution in [-0.4, -0.2) is 65.1 Å². The summed E-state index contributed by atoms with van der Waals surface area (Å²) in [4.78, 5) is 33.4. The number of aromatic amines is 1. The Morgan fingerprint density at radius 2 is 1.88 bits per heavy atom. The zero-order valence-electron chi connectivity index (χ0n) is 24.0. The Kier molecular flexibility index (Phi) is 8.28. The molecule has 3 heterocycles. The molecule has 5 rings (SSSR count). The maximum atomic E-state index is 13.9. The molecule has 0 spiro atoms. The number of hydrogen-bond acceptors (Lipinski definition) is 8. The fraction of sp³-hybridized carbons (Fsp3) is 0.333. The smallest absolute Gasteiger partial charge is 0.277 e. The molecule has 220 valence electrons. The first kappa shape index (κ1) is 29.2. The van der Waals surface area contributed by atoms with Crippen molar-refractivity contribution in [3.8, 4) is 22.9 Å². The number of carbonyl (C=O) groups is 1. The molecular weight excluding hydrogens is 558 g/mol. The van der Waals surface area contributed by atoms with E-state index in [1.807, 2.05) is 32.0 Å². The highest BCUT2D eigenvalue weighted by Crippen LogP contribution is 2.33. The summed E-state index contributed by atoms with van der Waals surface area (Å²) in [6.07, 6.45) is 3.19. The maximum Gasteiger partial charge on any atom is 0.277 e. The number of para-hydroxylation sites is 1. The van der Waals surface area contributed by atoms with Gasteiger partial charge in [-0.25, -0.2) is 13.4 Å². The minimum Gasteiger partial charge on any atom is -0.496 e. The summed E-state index contributed by atoms with van der Waals surface area (Å²) in [5.74, 6) is 1.03. The molecule has 1 N–H and O–H groups in total. The summed E-state index contributed by atoms with van der Waals surface area (Å²) in [7, 11) is -0.805. The Labute approximate surface area is 243 Å². The number of hydrogen-bond donors (Lipinski definition) is 1. The van der Waals surface area contributed by atoms with E-state index >= 15 is 0 Å². The van der Waals surface area contributed by atoms with Crippen LogP contribution >= 0.6 is 0 Å². The quantitative estimate of drug-likeness (QED) is 0.291. The summed E-state index contributed by atoms with van der Waals surface area (Å²) in [5, 5.41) is 4.47. The first-order chi connectivity index (χ1) is 20.2. The van der Waals surface area contributed by atoms with E-state index in [1.165, 1.54) is 21.1 Å². The topological polar surface area (TPSA) is 136 Å². The molecule has 1 saturated heterocycles. The van der Waals surface area contributed by atoms with Crippen molar-refractivity contribution in [3.63, 3.8) is 0 Å². The van der Waals surface area contributed by atoms with Gasteiger partial charge in [0.2, 0.25) is 10.0 Å². The number of sulfonamides is 1. The van der Waals surface area contributed by atoms with E-state index in [2.05, 4.69) is 10.1 Å². The minimum atomic E-state index is -4.04. The third-order valence-corrected chi connectivity index (χ3v) is 9.00. The van der Waals surface area contributed by atoms with Crippen molar-refractivity contribution in [3.05, 3.63) is 69.6 Å². The molecule has 12 heteroatoms. The fourth-order valence-corrected chi connectivity index (χ4v) is 6.56. The lowest BCUT2D eigenvalue weighted by molar-refractivity contribution is -0.116. The van der Waals surface area contributed by atoms with Gasteiger partial charge in [-0.2, -0.15) is 9.40 Å². The first-order valence-corrected chi connectivity index (χ1v) is 15.2. The van der Waals surface area contributed by atoms with Crippen molar-refractivity contribution >= 4 is 32.9 Å². The molecule has 1 aliphatic heterocycles. The molecule has 1 fully saturated rings. The van der Waals surface area contributed by atoms with Crippen LogP contribution in [0.2, 0.25) is 0 Å². The molecular formula is C30H33N5O6S. The third kappa shape index (κ3) is 5.47. The number of ketones is 1. The molecule has 0 amide bonds. The van der Waals surface area contributed by atoms with E-state index in [-0.39, 0.29) is 41.6 Å². The molecule has 0 radical (unpaired) electrons. The summed E-state index contributed by atoms with van der Waals surface area (Å²) < 4.78 is 41.8. The Morgan fingerprint density at radius 1 is 1.10 bits per heavy atom. The minimum absolute atomic E-state index is 0.00495. The van der Waals surface area contributed by atoms with Crippen LogP contribution in [0.15, 0.2) is 57.7 Å². The molecule has 2 aromatic carbocycles. The van der Waals surface area contributed by atoms with Gasteiger partial charge >= 0.3 is 0 Å². The number of H-pyrrole nitrogens is 1. The van der Waals surface area contributed by atoms with Crippen LogP contribution in [0.5, 0.6) is 11.5 Å². The monoisotopic (exact) mass is 591 g/mol. The lowest BCUT2D eigenvalue weighted by Crippen LogP contribution is -2.40. The van der Waals surface area contributed by atoms with Crippen molar-refractivity contribution in [2.75, 3.05) is 26.8 Å². The van der Waals surface area contributed by atoms with E-state index < -0.39 is 10.0 Å². The molecule has 11 nitrogen and oxygen atoms in total. The summed E-state index contributed by atoms with van der Waals surface area (Å²) in [5.41, 5.74) is 2.51. The standard InChI is InChI=1S/C30H33N5O6S/c1-5-9-23-27-28(34(3)33-23)30(37)32-29(31-27)22-17-21(12-13-26(22)41-6-2)42(38,39)35-15-14-24(36)20(18-35)16-19-10-7-8-11-25(19)40-4/h7-8,10-13,16-17H,5-6,9,14-15,18H2,1-4H3,(H,31,32,37)/b20-16-. The van der Waals surface area contributed by atoms with Crippen molar-refractivity contribution in [1.29, 1.82) is 0 Å². The first-order valence-electron chi connectivity index (χ1n) is 13.8. The van der Waals surface area contributed by atoms with Crippen molar-refractivity contribution in [2.24, 2.45) is 7.05 Å². The molecule has 42 heavy (non-hydrogen) atoms. The number of carbonyl (C=O) groups excluding carboxylic acids is 1. The van der Waals surface area contributed by atoms with E-state index in [1.54, 1.807) is 32.4 Å². The molecule has 2 aromatic heterocycles.